The number of alkyl halides is 4. The topological polar surface area (TPSA) is 37.4 Å². The number of rotatable bonds is 5. The van der Waals surface area contributed by atoms with E-state index in [1.807, 2.05) is 0 Å². The fourth-order valence-corrected chi connectivity index (χ4v) is 3.66. The van der Waals surface area contributed by atoms with E-state index in [1.54, 1.807) is 0 Å². The maximum atomic E-state index is 12.1. The number of sulfonamides is 1. The lowest BCUT2D eigenvalue weighted by atomic mass is 10.6. The summed E-state index contributed by atoms with van der Waals surface area (Å²) in [6, 6.07) is 0. The van der Waals surface area contributed by atoms with E-state index < -0.39 is 28.0 Å². The molecule has 0 aliphatic heterocycles. The van der Waals surface area contributed by atoms with Crippen molar-refractivity contribution < 1.29 is 21.6 Å². The van der Waals surface area contributed by atoms with Crippen LogP contribution < -0.4 is 0 Å². The van der Waals surface area contributed by atoms with Crippen molar-refractivity contribution in [3.63, 3.8) is 0 Å². The molecule has 1 saturated carbocycles. The summed E-state index contributed by atoms with van der Waals surface area (Å²) in [6.45, 7) is -1.53. The van der Waals surface area contributed by atoms with Crippen LogP contribution >= 0.6 is 15.9 Å². The molecule has 0 amide bonds. The van der Waals surface area contributed by atoms with Crippen molar-refractivity contribution in [3.05, 3.63) is 0 Å². The smallest absolute Gasteiger partial charge is 0.212 e. The van der Waals surface area contributed by atoms with Gasteiger partial charge in [0, 0.05) is 11.9 Å². The molecule has 0 spiro atoms. The maximum absolute atomic E-state index is 12.1. The van der Waals surface area contributed by atoms with Crippen LogP contribution in [0.3, 0.4) is 0 Å². The zero-order valence-corrected chi connectivity index (χ0v) is 10.2. The van der Waals surface area contributed by atoms with Crippen LogP contribution in [0.1, 0.15) is 12.8 Å². The molecule has 0 radical (unpaired) electrons. The number of halogens is 4. The lowest BCUT2D eigenvalue weighted by Gasteiger charge is -2.22. The van der Waals surface area contributed by atoms with E-state index >= 15 is 0 Å². The highest BCUT2D eigenvalue weighted by Crippen LogP contribution is 2.32. The van der Waals surface area contributed by atoms with Crippen LogP contribution in [0.25, 0.3) is 0 Å². The van der Waals surface area contributed by atoms with Gasteiger partial charge in [0.2, 0.25) is 10.0 Å². The van der Waals surface area contributed by atoms with Crippen LogP contribution in [-0.2, 0) is 10.0 Å². The van der Waals surface area contributed by atoms with Crippen molar-refractivity contribution in [1.29, 1.82) is 0 Å². The minimum Gasteiger partial charge on any atom is -0.212 e. The zero-order chi connectivity index (χ0) is 11.7. The second-order valence-corrected chi connectivity index (χ2v) is 6.39. The molecule has 90 valence electrons. The van der Waals surface area contributed by atoms with Gasteiger partial charge in [-0.2, -0.15) is 17.5 Å². The summed E-state index contributed by atoms with van der Waals surface area (Å²) < 4.78 is 60.0. The molecule has 1 rings (SSSR count). The molecule has 1 aliphatic rings. The Morgan fingerprint density at radius 1 is 1.33 bits per heavy atom. The van der Waals surface area contributed by atoms with Gasteiger partial charge in [-0.15, -0.1) is 0 Å². The number of hydrogen-bond acceptors (Lipinski definition) is 2. The zero-order valence-electron chi connectivity index (χ0n) is 7.80. The molecule has 0 saturated heterocycles. The van der Waals surface area contributed by atoms with E-state index in [-0.39, 0.29) is 11.9 Å². The van der Waals surface area contributed by atoms with E-state index in [0.29, 0.717) is 17.1 Å². The quantitative estimate of drug-likeness (QED) is 0.725. The lowest BCUT2D eigenvalue weighted by molar-refractivity contribution is -0.135. The molecule has 0 bridgehead atoms. The van der Waals surface area contributed by atoms with Crippen LogP contribution in [0.4, 0.5) is 13.2 Å². The standard InChI is InChI=1S/C7H11BrF3NO2S/c8-3-4-12(5-7(9,10)11)15(13,14)6-1-2-6/h6H,1-5H2. The number of nitrogens with zero attached hydrogens (tertiary/aromatic N) is 1. The Hall–Kier alpha value is 0.180. The summed E-state index contributed by atoms with van der Waals surface area (Å²) in [4.78, 5) is 0. The second kappa shape index (κ2) is 4.58. The normalized spacial score (nSPS) is 18.5. The van der Waals surface area contributed by atoms with Crippen LogP contribution in [0.5, 0.6) is 0 Å². The molecule has 1 aliphatic carbocycles. The molecule has 0 heterocycles. The molecule has 3 nitrogen and oxygen atoms in total. The van der Waals surface area contributed by atoms with Crippen molar-refractivity contribution >= 4 is 26.0 Å². The summed E-state index contributed by atoms with van der Waals surface area (Å²) in [6.07, 6.45) is -3.54. The van der Waals surface area contributed by atoms with Crippen molar-refractivity contribution in [1.82, 2.24) is 4.31 Å². The third-order valence-electron chi connectivity index (χ3n) is 2.00. The maximum Gasteiger partial charge on any atom is 0.402 e. The average molecular weight is 310 g/mol. The Bertz CT molecular complexity index is 313. The van der Waals surface area contributed by atoms with Crippen LogP contribution in [-0.4, -0.2) is 42.6 Å². The molecule has 0 N–H and O–H groups in total. The largest absolute Gasteiger partial charge is 0.402 e. The van der Waals surface area contributed by atoms with Gasteiger partial charge in [0.15, 0.2) is 0 Å². The minimum absolute atomic E-state index is 0.141. The van der Waals surface area contributed by atoms with E-state index in [4.69, 9.17) is 0 Å². The molecule has 1 fully saturated rings. The van der Waals surface area contributed by atoms with Gasteiger partial charge in [-0.25, -0.2) is 8.42 Å². The van der Waals surface area contributed by atoms with E-state index in [2.05, 4.69) is 15.9 Å². The Kier molecular flexibility index (Phi) is 4.05. The fourth-order valence-electron chi connectivity index (χ4n) is 1.17. The van der Waals surface area contributed by atoms with Gasteiger partial charge in [0.1, 0.15) is 6.54 Å². The minimum atomic E-state index is -4.48. The number of hydrogen-bond donors (Lipinski definition) is 0. The summed E-state index contributed by atoms with van der Waals surface area (Å²) in [5.74, 6) is 0. The molecule has 15 heavy (non-hydrogen) atoms. The molecular formula is C7H11BrF3NO2S. The monoisotopic (exact) mass is 309 g/mol. The molecule has 0 unspecified atom stereocenters. The fraction of sp³-hybridized carbons (Fsp3) is 1.00. The Balaban J connectivity index is 2.73. The van der Waals surface area contributed by atoms with Gasteiger partial charge < -0.3 is 0 Å². The summed E-state index contributed by atoms with van der Waals surface area (Å²) in [5, 5.41) is -0.395. The van der Waals surface area contributed by atoms with Gasteiger partial charge >= 0.3 is 6.18 Å². The van der Waals surface area contributed by atoms with Crippen LogP contribution in [0.2, 0.25) is 0 Å². The highest BCUT2D eigenvalue weighted by Gasteiger charge is 2.43. The average Bonchev–Trinajstić information content (AvgIpc) is 2.82. The predicted molar refractivity (Wildman–Crippen MR) is 53.4 cm³/mol. The van der Waals surface area contributed by atoms with Crippen molar-refractivity contribution in [2.75, 3.05) is 18.4 Å². The third-order valence-corrected chi connectivity index (χ3v) is 4.70. The Morgan fingerprint density at radius 3 is 2.20 bits per heavy atom. The molecule has 8 heteroatoms. The SMILES string of the molecule is O=S(=O)(C1CC1)N(CCBr)CC(F)(F)F. The van der Waals surface area contributed by atoms with Crippen molar-refractivity contribution in [3.8, 4) is 0 Å². The molecular weight excluding hydrogens is 299 g/mol. The van der Waals surface area contributed by atoms with Crippen molar-refractivity contribution in [2.45, 2.75) is 24.3 Å². The van der Waals surface area contributed by atoms with Gasteiger partial charge in [0.05, 0.1) is 5.25 Å². The van der Waals surface area contributed by atoms with Crippen LogP contribution in [0, 0.1) is 0 Å². The van der Waals surface area contributed by atoms with Gasteiger partial charge in [-0.1, -0.05) is 15.9 Å². The van der Waals surface area contributed by atoms with E-state index in [1.165, 1.54) is 0 Å². The molecule has 0 atom stereocenters. The molecule has 0 aromatic carbocycles. The van der Waals surface area contributed by atoms with Crippen molar-refractivity contribution in [2.24, 2.45) is 0 Å². The van der Waals surface area contributed by atoms with Gasteiger partial charge in [-0.05, 0) is 12.8 Å². The highest BCUT2D eigenvalue weighted by atomic mass is 79.9. The van der Waals surface area contributed by atoms with Gasteiger partial charge in [-0.3, -0.25) is 0 Å². The predicted octanol–water partition coefficient (Wildman–Crippen LogP) is 1.74. The van der Waals surface area contributed by atoms with E-state index in [0.717, 1.165) is 0 Å². The first-order chi connectivity index (χ1) is 6.77. The first kappa shape index (κ1) is 13.2. The Labute approximate surface area is 94.8 Å². The molecule has 0 aromatic rings. The molecule has 0 aromatic heterocycles. The van der Waals surface area contributed by atoms with Gasteiger partial charge in [0.25, 0.3) is 0 Å². The van der Waals surface area contributed by atoms with E-state index in [9.17, 15) is 21.6 Å². The third kappa shape index (κ3) is 3.92. The highest BCUT2D eigenvalue weighted by molar-refractivity contribution is 9.09. The second-order valence-electron chi connectivity index (χ2n) is 3.38. The van der Waals surface area contributed by atoms with Crippen LogP contribution in [0.15, 0.2) is 0 Å². The summed E-state index contributed by atoms with van der Waals surface area (Å²) in [5.41, 5.74) is 0. The first-order valence-electron chi connectivity index (χ1n) is 4.39. The lowest BCUT2D eigenvalue weighted by Crippen LogP contribution is -2.41. The Morgan fingerprint density at radius 2 is 1.87 bits per heavy atom. The first-order valence-corrected chi connectivity index (χ1v) is 7.01. The summed E-state index contributed by atoms with van der Waals surface area (Å²) in [7, 11) is -3.74. The summed E-state index contributed by atoms with van der Waals surface area (Å²) >= 11 is 2.95.